The molecule has 2 aromatic carbocycles. The molecular formula is C30H35N7O2. The lowest BCUT2D eigenvalue weighted by Crippen LogP contribution is -2.49. The van der Waals surface area contributed by atoms with E-state index >= 15 is 0 Å². The van der Waals surface area contributed by atoms with E-state index in [1.807, 2.05) is 49.1 Å². The van der Waals surface area contributed by atoms with E-state index in [1.165, 1.54) is 0 Å². The molecule has 1 saturated heterocycles. The van der Waals surface area contributed by atoms with Gasteiger partial charge in [0.05, 0.1) is 0 Å². The molecule has 9 heteroatoms. The second-order valence-corrected chi connectivity index (χ2v) is 10.9. The number of benzene rings is 2. The number of nitrogens with zero attached hydrogens (tertiary/aromatic N) is 4. The number of carbonyl (C=O) groups excluding carboxylic acids is 2. The molecule has 9 nitrogen and oxygen atoms in total. The average Bonchev–Trinajstić information content (AvgIpc) is 3.87. The van der Waals surface area contributed by atoms with E-state index in [9.17, 15) is 9.59 Å². The van der Waals surface area contributed by atoms with Crippen molar-refractivity contribution in [2.45, 2.75) is 45.6 Å². The third kappa shape index (κ3) is 5.82. The van der Waals surface area contributed by atoms with Crippen molar-refractivity contribution in [1.29, 1.82) is 0 Å². The predicted molar refractivity (Wildman–Crippen MR) is 154 cm³/mol. The first-order valence-electron chi connectivity index (χ1n) is 13.9. The number of para-hydroxylation sites is 1. The van der Waals surface area contributed by atoms with E-state index < -0.39 is 0 Å². The van der Waals surface area contributed by atoms with Gasteiger partial charge in [-0.05, 0) is 74.9 Å². The van der Waals surface area contributed by atoms with Gasteiger partial charge in [-0.3, -0.25) is 9.59 Å². The van der Waals surface area contributed by atoms with Gasteiger partial charge in [-0.1, -0.05) is 18.2 Å². The summed E-state index contributed by atoms with van der Waals surface area (Å²) in [5.74, 6) is 1.35. The van der Waals surface area contributed by atoms with Crippen molar-refractivity contribution < 1.29 is 9.59 Å². The Morgan fingerprint density at radius 2 is 1.59 bits per heavy atom. The summed E-state index contributed by atoms with van der Waals surface area (Å²) in [5, 5.41) is 9.72. The molecule has 1 aliphatic heterocycles. The molecule has 3 aliphatic rings. The Hall–Kier alpha value is -4.14. The largest absolute Gasteiger partial charge is 0.368 e. The number of aryl methyl sites for hydroxylation is 2. The van der Waals surface area contributed by atoms with Gasteiger partial charge in [0.15, 0.2) is 0 Å². The number of nitrogens with one attached hydrogen (secondary N) is 3. The van der Waals surface area contributed by atoms with E-state index in [0.29, 0.717) is 29.3 Å². The van der Waals surface area contributed by atoms with Gasteiger partial charge in [0.2, 0.25) is 11.9 Å². The van der Waals surface area contributed by atoms with E-state index in [4.69, 9.17) is 0 Å². The summed E-state index contributed by atoms with van der Waals surface area (Å²) in [6.07, 6.45) is 5.82. The molecule has 2 heterocycles. The van der Waals surface area contributed by atoms with Gasteiger partial charge in [0.1, 0.15) is 11.4 Å². The van der Waals surface area contributed by atoms with Crippen LogP contribution in [0.5, 0.6) is 0 Å². The summed E-state index contributed by atoms with van der Waals surface area (Å²) in [6.45, 7) is 7.21. The maximum atomic E-state index is 13.2. The number of piperazine rings is 1. The van der Waals surface area contributed by atoms with Gasteiger partial charge in [-0.15, -0.1) is 0 Å². The van der Waals surface area contributed by atoms with Crippen LogP contribution in [0, 0.1) is 19.8 Å². The highest BCUT2D eigenvalue weighted by Crippen LogP contribution is 2.32. The van der Waals surface area contributed by atoms with Crippen LogP contribution < -0.4 is 20.9 Å². The summed E-state index contributed by atoms with van der Waals surface area (Å²) >= 11 is 0. The molecule has 2 aliphatic carbocycles. The molecule has 2 saturated carbocycles. The van der Waals surface area contributed by atoms with E-state index in [1.54, 1.807) is 6.20 Å². The number of anilines is 5. The second-order valence-electron chi connectivity index (χ2n) is 10.9. The molecule has 0 unspecified atom stereocenters. The fourth-order valence-corrected chi connectivity index (χ4v) is 4.99. The van der Waals surface area contributed by atoms with Crippen molar-refractivity contribution >= 4 is 40.6 Å². The molecule has 39 heavy (non-hydrogen) atoms. The maximum Gasteiger partial charge on any atom is 0.261 e. The van der Waals surface area contributed by atoms with Gasteiger partial charge in [-0.2, -0.15) is 4.98 Å². The van der Waals surface area contributed by atoms with Gasteiger partial charge in [0, 0.05) is 61.4 Å². The first-order chi connectivity index (χ1) is 18.9. The van der Waals surface area contributed by atoms with Crippen LogP contribution in [0.1, 0.15) is 47.2 Å². The van der Waals surface area contributed by atoms with Crippen molar-refractivity contribution in [3.63, 3.8) is 0 Å². The number of rotatable bonds is 8. The molecule has 0 atom stereocenters. The first-order valence-corrected chi connectivity index (χ1v) is 13.9. The van der Waals surface area contributed by atoms with Gasteiger partial charge >= 0.3 is 0 Å². The summed E-state index contributed by atoms with van der Waals surface area (Å²) in [4.78, 5) is 39.0. The molecule has 2 amide bonds. The van der Waals surface area contributed by atoms with Crippen LogP contribution in [0.4, 0.5) is 28.8 Å². The number of carbonyl (C=O) groups is 2. The lowest BCUT2D eigenvalue weighted by atomic mass is 10.1. The van der Waals surface area contributed by atoms with Crippen LogP contribution in [0.15, 0.2) is 48.7 Å². The highest BCUT2D eigenvalue weighted by molar-refractivity contribution is 6.08. The Morgan fingerprint density at radius 1 is 0.897 bits per heavy atom. The average molecular weight is 526 g/mol. The standard InChI is InChI=1S/C30H35N7O2/c1-19-4-3-5-20(2)26(19)34-28(38)25-18-31-30(35-27(25)32-22-8-9-22)33-23-10-12-24(13-11-23)36-14-16-37(17-15-36)29(39)21-6-7-21/h3-5,10-13,18,21-22H,6-9,14-17H2,1-2H3,(H,34,38)(H2,31,32,33,35). The molecule has 3 aromatic rings. The van der Waals surface area contributed by atoms with Gasteiger partial charge in [0.25, 0.3) is 5.91 Å². The molecule has 3 N–H and O–H groups in total. The second kappa shape index (κ2) is 10.6. The summed E-state index contributed by atoms with van der Waals surface area (Å²) in [5.41, 5.74) is 5.26. The first kappa shape index (κ1) is 25.2. The third-order valence-electron chi connectivity index (χ3n) is 7.68. The molecule has 6 rings (SSSR count). The van der Waals surface area contributed by atoms with Crippen LogP contribution >= 0.6 is 0 Å². The zero-order chi connectivity index (χ0) is 26.9. The highest BCUT2D eigenvalue weighted by Gasteiger charge is 2.34. The molecule has 0 bridgehead atoms. The topological polar surface area (TPSA) is 102 Å². The van der Waals surface area contributed by atoms with E-state index in [-0.39, 0.29) is 11.8 Å². The van der Waals surface area contributed by atoms with Crippen molar-refractivity contribution in [3.8, 4) is 0 Å². The Balaban J connectivity index is 1.12. The summed E-state index contributed by atoms with van der Waals surface area (Å²) < 4.78 is 0. The molecular weight excluding hydrogens is 490 g/mol. The van der Waals surface area contributed by atoms with Crippen molar-refractivity contribution in [3.05, 3.63) is 65.4 Å². The van der Waals surface area contributed by atoms with Crippen molar-refractivity contribution in [1.82, 2.24) is 14.9 Å². The van der Waals surface area contributed by atoms with Gasteiger partial charge < -0.3 is 25.8 Å². The SMILES string of the molecule is Cc1cccc(C)c1NC(=O)c1cnc(Nc2ccc(N3CCN(C(=O)C4CC4)CC3)cc2)nc1NC1CC1. The number of hydrogen-bond acceptors (Lipinski definition) is 7. The minimum absolute atomic E-state index is 0.231. The summed E-state index contributed by atoms with van der Waals surface area (Å²) in [7, 11) is 0. The number of amides is 2. The highest BCUT2D eigenvalue weighted by atomic mass is 16.2. The molecule has 0 spiro atoms. The lowest BCUT2D eigenvalue weighted by molar-refractivity contribution is -0.132. The smallest absolute Gasteiger partial charge is 0.261 e. The molecule has 3 fully saturated rings. The van der Waals surface area contributed by atoms with Crippen LogP contribution in [0.3, 0.4) is 0 Å². The molecule has 202 valence electrons. The maximum absolute atomic E-state index is 13.2. The fraction of sp³-hybridized carbons (Fsp3) is 0.400. The zero-order valence-corrected chi connectivity index (χ0v) is 22.5. The monoisotopic (exact) mass is 525 g/mol. The van der Waals surface area contributed by atoms with Crippen LogP contribution in [0.2, 0.25) is 0 Å². The van der Waals surface area contributed by atoms with Crippen LogP contribution in [0.25, 0.3) is 0 Å². The Kier molecular flexibility index (Phi) is 6.81. The van der Waals surface area contributed by atoms with Gasteiger partial charge in [-0.25, -0.2) is 4.98 Å². The lowest BCUT2D eigenvalue weighted by Gasteiger charge is -2.36. The Morgan fingerprint density at radius 3 is 2.23 bits per heavy atom. The van der Waals surface area contributed by atoms with Crippen molar-refractivity contribution in [2.75, 3.05) is 47.0 Å². The normalized spacial score (nSPS) is 17.1. The van der Waals surface area contributed by atoms with Crippen molar-refractivity contribution in [2.24, 2.45) is 5.92 Å². The third-order valence-corrected chi connectivity index (χ3v) is 7.68. The minimum atomic E-state index is -0.231. The van der Waals surface area contributed by atoms with Crippen LogP contribution in [-0.4, -0.2) is 58.9 Å². The zero-order valence-electron chi connectivity index (χ0n) is 22.5. The van der Waals surface area contributed by atoms with E-state index in [0.717, 1.165) is 80.1 Å². The molecule has 0 radical (unpaired) electrons. The Bertz CT molecular complexity index is 1350. The number of aromatic nitrogens is 2. The molecule has 1 aromatic heterocycles. The van der Waals surface area contributed by atoms with E-state index in [2.05, 4.69) is 43.0 Å². The predicted octanol–water partition coefficient (Wildman–Crippen LogP) is 4.72. The Labute approximate surface area is 229 Å². The number of hydrogen-bond donors (Lipinski definition) is 3. The summed E-state index contributed by atoms with van der Waals surface area (Å²) in [6, 6.07) is 14.5. The van der Waals surface area contributed by atoms with Crippen LogP contribution in [-0.2, 0) is 4.79 Å². The fourth-order valence-electron chi connectivity index (χ4n) is 4.99. The minimum Gasteiger partial charge on any atom is -0.368 e. The quantitative estimate of drug-likeness (QED) is 0.391.